The molecule has 0 bridgehead atoms. The minimum absolute atomic E-state index is 0.00484. The summed E-state index contributed by atoms with van der Waals surface area (Å²) in [5, 5.41) is 9.98. The van der Waals surface area contributed by atoms with Crippen molar-refractivity contribution in [2.45, 2.75) is 96.5 Å². The molecule has 0 aliphatic rings. The van der Waals surface area contributed by atoms with Crippen molar-refractivity contribution in [3.8, 4) is 0 Å². The normalized spacial score (nSPS) is 12.2. The number of unbranched alkanes of at least 4 members (excludes halogenated alkanes) is 10. The van der Waals surface area contributed by atoms with E-state index < -0.39 is 6.10 Å². The molecule has 2 nitrogen and oxygen atoms in total. The van der Waals surface area contributed by atoms with Crippen LogP contribution in [-0.2, 0) is 11.2 Å². The molecule has 0 spiro atoms. The third-order valence-corrected chi connectivity index (χ3v) is 4.67. The Labute approximate surface area is 148 Å². The number of ketones is 1. The van der Waals surface area contributed by atoms with Gasteiger partial charge in [-0.2, -0.15) is 0 Å². The van der Waals surface area contributed by atoms with Crippen molar-refractivity contribution in [1.82, 2.24) is 0 Å². The molecule has 0 heterocycles. The fourth-order valence-corrected chi connectivity index (χ4v) is 3.08. The number of benzene rings is 1. The molecule has 0 radical (unpaired) electrons. The minimum Gasteiger partial charge on any atom is -0.385 e. The predicted molar refractivity (Wildman–Crippen MR) is 102 cm³/mol. The van der Waals surface area contributed by atoms with Crippen LogP contribution in [0.3, 0.4) is 0 Å². The van der Waals surface area contributed by atoms with Crippen LogP contribution in [0.25, 0.3) is 0 Å². The third-order valence-electron chi connectivity index (χ3n) is 4.67. The highest BCUT2D eigenvalue weighted by Crippen LogP contribution is 2.13. The maximum absolute atomic E-state index is 12.0. The number of hydrogen-bond donors (Lipinski definition) is 1. The van der Waals surface area contributed by atoms with Crippen LogP contribution in [0, 0.1) is 0 Å². The molecule has 0 aliphatic heterocycles. The quantitative estimate of drug-likeness (QED) is 0.408. The summed E-state index contributed by atoms with van der Waals surface area (Å²) in [5.41, 5.74) is 1.03. The fraction of sp³-hybridized carbons (Fsp3) is 0.682. The van der Waals surface area contributed by atoms with Crippen LogP contribution in [0.1, 0.15) is 89.5 Å². The largest absolute Gasteiger partial charge is 0.385 e. The molecule has 1 aromatic carbocycles. The Hall–Kier alpha value is -1.15. The maximum Gasteiger partial charge on any atom is 0.161 e. The summed E-state index contributed by atoms with van der Waals surface area (Å²) < 4.78 is 0. The molecule has 0 saturated heterocycles. The lowest BCUT2D eigenvalue weighted by molar-refractivity contribution is -0.127. The lowest BCUT2D eigenvalue weighted by Crippen LogP contribution is -2.22. The fourth-order valence-electron chi connectivity index (χ4n) is 3.08. The second-order valence-corrected chi connectivity index (χ2v) is 6.96. The summed E-state index contributed by atoms with van der Waals surface area (Å²) in [4.78, 5) is 12.0. The van der Waals surface area contributed by atoms with E-state index in [4.69, 9.17) is 0 Å². The first-order valence-corrected chi connectivity index (χ1v) is 9.98. The van der Waals surface area contributed by atoms with Crippen LogP contribution in [0.2, 0.25) is 0 Å². The van der Waals surface area contributed by atoms with E-state index in [0.29, 0.717) is 12.8 Å². The van der Waals surface area contributed by atoms with Crippen LogP contribution in [0.5, 0.6) is 0 Å². The van der Waals surface area contributed by atoms with Gasteiger partial charge in [0.1, 0.15) is 6.10 Å². The average Bonchev–Trinajstić information content (AvgIpc) is 2.60. The molecule has 1 N–H and O–H groups in total. The van der Waals surface area contributed by atoms with Gasteiger partial charge >= 0.3 is 0 Å². The number of carbonyl (C=O) groups is 1. The van der Waals surface area contributed by atoms with Gasteiger partial charge in [0.05, 0.1) is 0 Å². The minimum atomic E-state index is -0.837. The molecule has 1 rings (SSSR count). The highest BCUT2D eigenvalue weighted by atomic mass is 16.3. The van der Waals surface area contributed by atoms with Gasteiger partial charge in [0.25, 0.3) is 0 Å². The lowest BCUT2D eigenvalue weighted by Gasteiger charge is -2.09. The van der Waals surface area contributed by atoms with Crippen molar-refractivity contribution in [2.24, 2.45) is 0 Å². The topological polar surface area (TPSA) is 37.3 Å². The average molecular weight is 333 g/mol. The van der Waals surface area contributed by atoms with Crippen molar-refractivity contribution < 1.29 is 9.90 Å². The summed E-state index contributed by atoms with van der Waals surface area (Å²) in [6, 6.07) is 9.74. The zero-order valence-electron chi connectivity index (χ0n) is 15.5. The summed E-state index contributed by atoms with van der Waals surface area (Å²) >= 11 is 0. The van der Waals surface area contributed by atoms with Gasteiger partial charge < -0.3 is 5.11 Å². The molecule has 1 atom stereocenters. The van der Waals surface area contributed by atoms with Gasteiger partial charge in [-0.1, -0.05) is 101 Å². The molecule has 0 aromatic heterocycles. The Kier molecular flexibility index (Phi) is 12.4. The second-order valence-electron chi connectivity index (χ2n) is 6.96. The van der Waals surface area contributed by atoms with Gasteiger partial charge in [-0.15, -0.1) is 0 Å². The Morgan fingerprint density at radius 1 is 0.833 bits per heavy atom. The van der Waals surface area contributed by atoms with Crippen LogP contribution >= 0.6 is 0 Å². The van der Waals surface area contributed by atoms with Crippen molar-refractivity contribution in [3.63, 3.8) is 0 Å². The van der Waals surface area contributed by atoms with E-state index in [0.717, 1.165) is 18.4 Å². The molecule has 1 unspecified atom stereocenters. The molecule has 0 amide bonds. The zero-order valence-corrected chi connectivity index (χ0v) is 15.5. The highest BCUT2D eigenvalue weighted by molar-refractivity contribution is 5.83. The molecule has 0 saturated carbocycles. The Morgan fingerprint density at radius 2 is 1.33 bits per heavy atom. The molecular weight excluding hydrogens is 296 g/mol. The van der Waals surface area contributed by atoms with E-state index in [2.05, 4.69) is 6.92 Å². The first kappa shape index (κ1) is 20.9. The molecule has 2 heteroatoms. The highest BCUT2D eigenvalue weighted by Gasteiger charge is 2.14. The summed E-state index contributed by atoms with van der Waals surface area (Å²) in [6.07, 6.45) is 14.2. The molecule has 136 valence electrons. The van der Waals surface area contributed by atoms with Gasteiger partial charge in [-0.05, 0) is 12.0 Å². The van der Waals surface area contributed by atoms with E-state index in [1.807, 2.05) is 30.3 Å². The molecule has 0 aliphatic carbocycles. The monoisotopic (exact) mass is 332 g/mol. The van der Waals surface area contributed by atoms with Crippen LogP contribution in [0.4, 0.5) is 0 Å². The Morgan fingerprint density at radius 3 is 1.88 bits per heavy atom. The van der Waals surface area contributed by atoms with E-state index in [1.165, 1.54) is 57.8 Å². The van der Waals surface area contributed by atoms with E-state index in [-0.39, 0.29) is 5.78 Å². The van der Waals surface area contributed by atoms with Crippen molar-refractivity contribution in [3.05, 3.63) is 35.9 Å². The second kappa shape index (κ2) is 14.2. The number of rotatable bonds is 15. The first-order chi connectivity index (χ1) is 11.7. The maximum atomic E-state index is 12.0. The summed E-state index contributed by atoms with van der Waals surface area (Å²) in [7, 11) is 0. The number of carbonyl (C=O) groups excluding carboxylic acids is 1. The molecule has 1 aromatic rings. The molecule has 24 heavy (non-hydrogen) atoms. The van der Waals surface area contributed by atoms with E-state index in [1.54, 1.807) is 0 Å². The van der Waals surface area contributed by atoms with E-state index >= 15 is 0 Å². The first-order valence-electron chi connectivity index (χ1n) is 9.98. The van der Waals surface area contributed by atoms with Gasteiger partial charge in [0.2, 0.25) is 0 Å². The van der Waals surface area contributed by atoms with Crippen molar-refractivity contribution in [2.75, 3.05) is 0 Å². The van der Waals surface area contributed by atoms with Gasteiger partial charge in [-0.25, -0.2) is 0 Å². The van der Waals surface area contributed by atoms with Gasteiger partial charge in [-0.3, -0.25) is 4.79 Å². The van der Waals surface area contributed by atoms with Crippen LogP contribution in [-0.4, -0.2) is 17.0 Å². The third kappa shape index (κ3) is 10.6. The zero-order chi connectivity index (χ0) is 17.5. The molecule has 0 fully saturated rings. The van der Waals surface area contributed by atoms with Gasteiger partial charge in [0, 0.05) is 12.8 Å². The van der Waals surface area contributed by atoms with Crippen LogP contribution < -0.4 is 0 Å². The number of aliphatic hydroxyl groups excluding tert-OH is 1. The number of Topliss-reactive ketones (excluding diaryl/α,β-unsaturated/α-hetero) is 1. The van der Waals surface area contributed by atoms with Crippen LogP contribution in [0.15, 0.2) is 30.3 Å². The Bertz CT molecular complexity index is 413. The lowest BCUT2D eigenvalue weighted by atomic mass is 10.0. The van der Waals surface area contributed by atoms with Crippen molar-refractivity contribution >= 4 is 5.78 Å². The summed E-state index contributed by atoms with van der Waals surface area (Å²) in [5.74, 6) is -0.00484. The molecular formula is C22H36O2. The Balaban J connectivity index is 1.94. The predicted octanol–water partition coefficient (Wildman–Crippen LogP) is 5.86. The number of aliphatic hydroxyl groups is 1. The van der Waals surface area contributed by atoms with E-state index in [9.17, 15) is 9.90 Å². The van der Waals surface area contributed by atoms with Gasteiger partial charge in [0.15, 0.2) is 5.78 Å². The van der Waals surface area contributed by atoms with Crippen molar-refractivity contribution in [1.29, 1.82) is 0 Å². The summed E-state index contributed by atoms with van der Waals surface area (Å²) in [6.45, 7) is 2.26. The number of hydrogen-bond acceptors (Lipinski definition) is 2. The SMILES string of the molecule is CCCCCCCCCCCCCC(=O)C(O)Cc1ccccc1. The smallest absolute Gasteiger partial charge is 0.161 e. The standard InChI is InChI=1S/C22H36O2/c1-2-3-4-5-6-7-8-9-10-11-15-18-21(23)22(24)19-20-16-13-12-14-17-20/h12-14,16-17,22,24H,2-11,15,18-19H2,1H3.